The van der Waals surface area contributed by atoms with Crippen LogP contribution in [0.3, 0.4) is 0 Å². The Bertz CT molecular complexity index is 244. The molecule has 0 aromatic rings. The topological polar surface area (TPSA) is 43.2 Å². The number of fused-ring (bicyclic) bond motifs is 2. The molecule has 64 valence electrons. The third kappa shape index (κ3) is 0.777. The molecule has 0 radical (unpaired) electrons. The van der Waals surface area contributed by atoms with Crippen molar-refractivity contribution in [3.8, 4) is 0 Å². The summed E-state index contributed by atoms with van der Waals surface area (Å²) in [5, 5.41) is 0. The number of ether oxygens (including phenoxy) is 2. The highest BCUT2D eigenvalue weighted by atomic mass is 16.5. The minimum atomic E-state index is 0.161. The van der Waals surface area contributed by atoms with E-state index in [1.165, 1.54) is 0 Å². The second-order valence-corrected chi connectivity index (χ2v) is 3.24. The van der Waals surface area contributed by atoms with Crippen LogP contribution in [-0.4, -0.2) is 37.1 Å². The molecule has 2 atom stereocenters. The molecule has 0 spiro atoms. The summed E-state index contributed by atoms with van der Waals surface area (Å²) in [6.45, 7) is 1.51. The molecule has 0 unspecified atom stereocenters. The lowest BCUT2D eigenvalue weighted by Crippen LogP contribution is -2.27. The molecular weight excluding hydrogens is 156 g/mol. The van der Waals surface area contributed by atoms with Crippen LogP contribution < -0.4 is 0 Å². The van der Waals surface area contributed by atoms with Crippen LogP contribution in [0.5, 0.6) is 0 Å². The predicted molar refractivity (Wildman–Crippen MR) is 43.6 cm³/mol. The normalized spacial score (nSPS) is 37.3. The number of nitrogens with zero attached hydrogens (tertiary/aromatic N) is 2. The Morgan fingerprint density at radius 3 is 1.92 bits per heavy atom. The number of hydrogen-bond donors (Lipinski definition) is 0. The van der Waals surface area contributed by atoms with Crippen molar-refractivity contribution in [3.63, 3.8) is 0 Å². The molecule has 3 rings (SSSR count). The first-order valence-electron chi connectivity index (χ1n) is 4.34. The van der Waals surface area contributed by atoms with Gasteiger partial charge in [-0.15, -0.1) is 0 Å². The Balaban J connectivity index is 1.96. The van der Waals surface area contributed by atoms with Gasteiger partial charge >= 0.3 is 0 Å². The molecule has 0 amide bonds. The van der Waals surface area contributed by atoms with Gasteiger partial charge < -0.3 is 9.47 Å². The van der Waals surface area contributed by atoms with Crippen molar-refractivity contribution in [1.82, 2.24) is 0 Å². The Labute approximate surface area is 70.3 Å². The van der Waals surface area contributed by atoms with Crippen LogP contribution in [0.2, 0.25) is 0 Å². The fraction of sp³-hybridized carbons (Fsp3) is 0.750. The summed E-state index contributed by atoms with van der Waals surface area (Å²) in [7, 11) is 0. The van der Waals surface area contributed by atoms with Crippen LogP contribution in [0.15, 0.2) is 9.98 Å². The average Bonchev–Trinajstić information content (AvgIpc) is 2.64. The van der Waals surface area contributed by atoms with E-state index in [1.54, 1.807) is 0 Å². The molecule has 3 heterocycles. The summed E-state index contributed by atoms with van der Waals surface area (Å²) in [5.41, 5.74) is 0. The van der Waals surface area contributed by atoms with Gasteiger partial charge in [-0.1, -0.05) is 0 Å². The molecule has 0 N–H and O–H groups in total. The monoisotopic (exact) mass is 166 g/mol. The van der Waals surface area contributed by atoms with Crippen molar-refractivity contribution in [2.24, 2.45) is 9.98 Å². The summed E-state index contributed by atoms with van der Waals surface area (Å²) < 4.78 is 10.7. The van der Waals surface area contributed by atoms with Crippen LogP contribution in [0, 0.1) is 0 Å². The molecule has 0 aliphatic carbocycles. The summed E-state index contributed by atoms with van der Waals surface area (Å²) in [4.78, 5) is 8.89. The number of hydrogen-bond acceptors (Lipinski definition) is 4. The van der Waals surface area contributed by atoms with Crippen molar-refractivity contribution in [3.05, 3.63) is 0 Å². The lowest BCUT2D eigenvalue weighted by molar-refractivity contribution is 0.341. The molecule has 0 aromatic heterocycles. The van der Waals surface area contributed by atoms with Crippen LogP contribution in [0.1, 0.15) is 12.8 Å². The molecule has 0 aromatic carbocycles. The van der Waals surface area contributed by atoms with E-state index in [9.17, 15) is 0 Å². The molecule has 2 saturated heterocycles. The second kappa shape index (κ2) is 2.21. The molecule has 4 heteroatoms. The van der Waals surface area contributed by atoms with Crippen LogP contribution in [-0.2, 0) is 9.47 Å². The first kappa shape index (κ1) is 6.46. The summed E-state index contributed by atoms with van der Waals surface area (Å²) in [5.74, 6) is 1.66. The molecule has 3 aliphatic heterocycles. The first-order chi connectivity index (χ1) is 5.93. The van der Waals surface area contributed by atoms with Crippen LogP contribution >= 0.6 is 0 Å². The number of aliphatic imine (C=N–C) groups is 2. The van der Waals surface area contributed by atoms with E-state index in [-0.39, 0.29) is 12.1 Å². The van der Waals surface area contributed by atoms with E-state index in [2.05, 4.69) is 9.98 Å². The largest absolute Gasteiger partial charge is 0.479 e. The smallest absolute Gasteiger partial charge is 0.209 e. The molecular formula is C8H10N2O2. The van der Waals surface area contributed by atoms with Gasteiger partial charge in [0.2, 0.25) is 11.8 Å². The van der Waals surface area contributed by atoms with Gasteiger partial charge in [-0.05, 0) is 0 Å². The Hall–Kier alpha value is -1.06. The van der Waals surface area contributed by atoms with Gasteiger partial charge in [-0.25, -0.2) is 9.98 Å². The fourth-order valence-corrected chi connectivity index (χ4v) is 1.78. The van der Waals surface area contributed by atoms with Crippen molar-refractivity contribution in [1.29, 1.82) is 0 Å². The summed E-state index contributed by atoms with van der Waals surface area (Å²) in [6, 6.07) is 0.323. The SMILES string of the molecule is C1C[C@H]2N=C3OCC[C@H]3N=C2O1. The maximum absolute atomic E-state index is 5.35. The number of rotatable bonds is 0. The van der Waals surface area contributed by atoms with Gasteiger partial charge in [0.1, 0.15) is 12.1 Å². The Morgan fingerprint density at radius 2 is 1.42 bits per heavy atom. The zero-order valence-corrected chi connectivity index (χ0v) is 6.69. The minimum absolute atomic E-state index is 0.161. The Kier molecular flexibility index (Phi) is 1.19. The maximum Gasteiger partial charge on any atom is 0.209 e. The molecule has 0 saturated carbocycles. The van der Waals surface area contributed by atoms with E-state index in [1.807, 2.05) is 0 Å². The van der Waals surface area contributed by atoms with Gasteiger partial charge in [0, 0.05) is 12.8 Å². The lowest BCUT2D eigenvalue weighted by Gasteiger charge is -2.14. The lowest BCUT2D eigenvalue weighted by atomic mass is 10.2. The predicted octanol–water partition coefficient (Wildman–Crippen LogP) is 0.375. The highest BCUT2D eigenvalue weighted by Gasteiger charge is 2.35. The van der Waals surface area contributed by atoms with Gasteiger partial charge in [0.25, 0.3) is 0 Å². The van der Waals surface area contributed by atoms with E-state index in [0.717, 1.165) is 37.9 Å². The fourth-order valence-electron chi connectivity index (χ4n) is 1.78. The van der Waals surface area contributed by atoms with E-state index >= 15 is 0 Å². The quantitative estimate of drug-likeness (QED) is 0.522. The second-order valence-electron chi connectivity index (χ2n) is 3.24. The standard InChI is InChI=1S/C8H10N2O2/c1-3-11-7-5(1)9-8-6(10-7)2-4-12-8/h5-6H,1-4H2/t5-,6-/m1/s1. The summed E-state index contributed by atoms with van der Waals surface area (Å²) in [6.07, 6.45) is 1.91. The van der Waals surface area contributed by atoms with E-state index in [0.29, 0.717) is 0 Å². The Morgan fingerprint density at radius 1 is 0.917 bits per heavy atom. The zero-order valence-electron chi connectivity index (χ0n) is 6.69. The molecule has 4 nitrogen and oxygen atoms in total. The highest BCUT2D eigenvalue weighted by molar-refractivity contribution is 5.95. The van der Waals surface area contributed by atoms with Gasteiger partial charge in [0.05, 0.1) is 13.2 Å². The third-order valence-electron chi connectivity index (χ3n) is 2.42. The third-order valence-corrected chi connectivity index (χ3v) is 2.42. The summed E-state index contributed by atoms with van der Waals surface area (Å²) >= 11 is 0. The first-order valence-corrected chi connectivity index (χ1v) is 4.34. The van der Waals surface area contributed by atoms with E-state index in [4.69, 9.17) is 9.47 Å². The van der Waals surface area contributed by atoms with Gasteiger partial charge in [-0.3, -0.25) is 0 Å². The van der Waals surface area contributed by atoms with Gasteiger partial charge in [-0.2, -0.15) is 0 Å². The van der Waals surface area contributed by atoms with Crippen molar-refractivity contribution < 1.29 is 9.47 Å². The molecule has 0 bridgehead atoms. The van der Waals surface area contributed by atoms with Crippen LogP contribution in [0.25, 0.3) is 0 Å². The van der Waals surface area contributed by atoms with Crippen LogP contribution in [0.4, 0.5) is 0 Å². The van der Waals surface area contributed by atoms with Crippen molar-refractivity contribution >= 4 is 11.8 Å². The maximum atomic E-state index is 5.35. The zero-order chi connectivity index (χ0) is 7.97. The molecule has 2 fully saturated rings. The molecule has 12 heavy (non-hydrogen) atoms. The molecule has 3 aliphatic rings. The highest BCUT2D eigenvalue weighted by Crippen LogP contribution is 2.23. The minimum Gasteiger partial charge on any atom is -0.479 e. The van der Waals surface area contributed by atoms with E-state index < -0.39 is 0 Å². The van der Waals surface area contributed by atoms with Crippen molar-refractivity contribution in [2.75, 3.05) is 13.2 Å². The average molecular weight is 166 g/mol. The van der Waals surface area contributed by atoms with Gasteiger partial charge in [0.15, 0.2) is 0 Å². The van der Waals surface area contributed by atoms with Crippen molar-refractivity contribution in [2.45, 2.75) is 24.9 Å².